The third-order valence-corrected chi connectivity index (χ3v) is 3.78. The van der Waals surface area contributed by atoms with Gasteiger partial charge in [-0.3, -0.25) is 9.78 Å². The van der Waals surface area contributed by atoms with E-state index in [4.69, 9.17) is 14.2 Å². The van der Waals surface area contributed by atoms with E-state index < -0.39 is 0 Å². The second-order valence-corrected chi connectivity index (χ2v) is 5.50. The molecule has 138 valence electrons. The number of aromatic nitrogens is 1. The van der Waals surface area contributed by atoms with Gasteiger partial charge in [0, 0.05) is 17.1 Å². The molecule has 0 unspecified atom stereocenters. The van der Waals surface area contributed by atoms with Crippen LogP contribution < -0.4 is 19.6 Å². The zero-order valence-electron chi connectivity index (χ0n) is 15.0. The van der Waals surface area contributed by atoms with Crippen molar-refractivity contribution >= 4 is 23.0 Å². The number of hydrogen-bond acceptors (Lipinski definition) is 6. The van der Waals surface area contributed by atoms with Crippen molar-refractivity contribution in [2.45, 2.75) is 0 Å². The summed E-state index contributed by atoms with van der Waals surface area (Å²) in [4.78, 5) is 16.3. The van der Waals surface area contributed by atoms with Gasteiger partial charge in [-0.2, -0.15) is 5.10 Å². The molecule has 1 N–H and O–H groups in total. The quantitative estimate of drug-likeness (QED) is 0.514. The maximum atomic E-state index is 12.0. The molecule has 0 fully saturated rings. The Balaban J connectivity index is 1.61. The normalized spacial score (nSPS) is 10.7. The molecule has 27 heavy (non-hydrogen) atoms. The van der Waals surface area contributed by atoms with Gasteiger partial charge in [0.25, 0.3) is 5.91 Å². The van der Waals surface area contributed by atoms with E-state index in [1.165, 1.54) is 6.21 Å². The molecule has 0 saturated heterocycles. The van der Waals surface area contributed by atoms with Crippen molar-refractivity contribution < 1.29 is 19.0 Å². The molecule has 0 atom stereocenters. The maximum absolute atomic E-state index is 12.0. The van der Waals surface area contributed by atoms with Gasteiger partial charge in [0.1, 0.15) is 11.3 Å². The molecule has 0 bridgehead atoms. The molecule has 7 heteroatoms. The highest BCUT2D eigenvalue weighted by molar-refractivity contribution is 5.87. The van der Waals surface area contributed by atoms with E-state index in [1.807, 2.05) is 24.3 Å². The Morgan fingerprint density at radius 2 is 1.85 bits per heavy atom. The first-order valence-corrected chi connectivity index (χ1v) is 8.22. The fourth-order valence-electron chi connectivity index (χ4n) is 2.56. The molecule has 7 nitrogen and oxygen atoms in total. The van der Waals surface area contributed by atoms with E-state index in [9.17, 15) is 4.79 Å². The molecule has 0 spiro atoms. The number of rotatable bonds is 7. The highest BCUT2D eigenvalue weighted by atomic mass is 16.5. The minimum atomic E-state index is -0.388. The lowest BCUT2D eigenvalue weighted by molar-refractivity contribution is -0.123. The van der Waals surface area contributed by atoms with Crippen molar-refractivity contribution in [3.8, 4) is 17.2 Å². The summed E-state index contributed by atoms with van der Waals surface area (Å²) < 4.78 is 16.1. The van der Waals surface area contributed by atoms with Gasteiger partial charge in [-0.25, -0.2) is 5.43 Å². The molecule has 3 rings (SSSR count). The topological polar surface area (TPSA) is 82.0 Å². The molecule has 1 aromatic heterocycles. The number of nitrogens with one attached hydrogen (secondary N) is 1. The Labute approximate surface area is 156 Å². The van der Waals surface area contributed by atoms with E-state index in [-0.39, 0.29) is 12.5 Å². The van der Waals surface area contributed by atoms with Crippen LogP contribution >= 0.6 is 0 Å². The van der Waals surface area contributed by atoms with Crippen LogP contribution in [0.2, 0.25) is 0 Å². The SMILES string of the molecule is COc1cccc(/C=N/NC(=O)COc2cccc3cccnc23)c1OC. The highest BCUT2D eigenvalue weighted by Crippen LogP contribution is 2.29. The molecule has 3 aromatic rings. The molecule has 0 saturated carbocycles. The van der Waals surface area contributed by atoms with Crippen LogP contribution in [0.1, 0.15) is 5.56 Å². The number of hydrazone groups is 1. The van der Waals surface area contributed by atoms with Gasteiger partial charge >= 0.3 is 0 Å². The number of carbonyl (C=O) groups excluding carboxylic acids is 1. The van der Waals surface area contributed by atoms with Gasteiger partial charge in [-0.1, -0.05) is 24.3 Å². The van der Waals surface area contributed by atoms with Crippen molar-refractivity contribution in [2.24, 2.45) is 5.10 Å². The molecule has 0 aliphatic heterocycles. The standard InChI is InChI=1S/C20H19N3O4/c1-25-17-10-4-7-15(20(17)26-2)12-22-23-18(24)13-27-16-9-3-6-14-8-5-11-21-19(14)16/h3-12H,13H2,1-2H3,(H,23,24)/b22-12+. The molecular formula is C20H19N3O4. The Kier molecular flexibility index (Phi) is 5.84. The van der Waals surface area contributed by atoms with Crippen molar-refractivity contribution in [2.75, 3.05) is 20.8 Å². The fourth-order valence-corrected chi connectivity index (χ4v) is 2.56. The summed E-state index contributed by atoms with van der Waals surface area (Å²) in [6.45, 7) is -0.178. The number of carbonyl (C=O) groups is 1. The summed E-state index contributed by atoms with van der Waals surface area (Å²) in [5, 5.41) is 4.89. The molecule has 1 heterocycles. The van der Waals surface area contributed by atoms with Gasteiger partial charge in [0.2, 0.25) is 0 Å². The van der Waals surface area contributed by atoms with Crippen LogP contribution in [0.4, 0.5) is 0 Å². The first-order chi connectivity index (χ1) is 13.2. The van der Waals surface area contributed by atoms with Crippen LogP contribution in [0.25, 0.3) is 10.9 Å². The Hall–Kier alpha value is -3.61. The number of fused-ring (bicyclic) bond motifs is 1. The summed E-state index contributed by atoms with van der Waals surface area (Å²) >= 11 is 0. The number of ether oxygens (including phenoxy) is 3. The molecular weight excluding hydrogens is 346 g/mol. The van der Waals surface area contributed by atoms with Crippen molar-refractivity contribution in [1.82, 2.24) is 10.4 Å². The first kappa shape index (κ1) is 18.2. The van der Waals surface area contributed by atoms with Gasteiger partial charge in [-0.05, 0) is 24.3 Å². The van der Waals surface area contributed by atoms with Gasteiger partial charge < -0.3 is 14.2 Å². The van der Waals surface area contributed by atoms with Crippen molar-refractivity contribution in [3.05, 3.63) is 60.3 Å². The average Bonchev–Trinajstić information content (AvgIpc) is 2.71. The second-order valence-electron chi connectivity index (χ2n) is 5.50. The van der Waals surface area contributed by atoms with Crippen molar-refractivity contribution in [1.29, 1.82) is 0 Å². The molecule has 0 aliphatic carbocycles. The zero-order valence-corrected chi connectivity index (χ0v) is 15.0. The van der Waals surface area contributed by atoms with Gasteiger partial charge in [0.15, 0.2) is 18.1 Å². The van der Waals surface area contributed by atoms with Crippen LogP contribution in [0.15, 0.2) is 59.8 Å². The molecule has 0 radical (unpaired) electrons. The lowest BCUT2D eigenvalue weighted by Crippen LogP contribution is -2.24. The summed E-state index contributed by atoms with van der Waals surface area (Å²) in [6, 6.07) is 14.7. The first-order valence-electron chi connectivity index (χ1n) is 8.22. The minimum absolute atomic E-state index is 0.178. The van der Waals surface area contributed by atoms with E-state index in [1.54, 1.807) is 44.7 Å². The van der Waals surface area contributed by atoms with E-state index >= 15 is 0 Å². The average molecular weight is 365 g/mol. The van der Waals surface area contributed by atoms with Crippen LogP contribution in [-0.4, -0.2) is 37.9 Å². The van der Waals surface area contributed by atoms with Crippen LogP contribution in [0, 0.1) is 0 Å². The maximum Gasteiger partial charge on any atom is 0.277 e. The molecule has 2 aromatic carbocycles. The number of hydrogen-bond donors (Lipinski definition) is 1. The fraction of sp³-hybridized carbons (Fsp3) is 0.150. The Bertz CT molecular complexity index is 967. The number of para-hydroxylation sites is 2. The highest BCUT2D eigenvalue weighted by Gasteiger charge is 2.08. The van der Waals surface area contributed by atoms with E-state index in [0.29, 0.717) is 28.3 Å². The summed E-state index contributed by atoms with van der Waals surface area (Å²) in [7, 11) is 3.10. The smallest absolute Gasteiger partial charge is 0.277 e. The zero-order chi connectivity index (χ0) is 19.1. The minimum Gasteiger partial charge on any atom is -0.493 e. The predicted octanol–water partition coefficient (Wildman–Crippen LogP) is 2.78. The second kappa shape index (κ2) is 8.66. The summed E-state index contributed by atoms with van der Waals surface area (Å²) in [5.41, 5.74) is 3.81. The Morgan fingerprint density at radius 1 is 1.07 bits per heavy atom. The Morgan fingerprint density at radius 3 is 2.67 bits per heavy atom. The van der Waals surface area contributed by atoms with Gasteiger partial charge in [0.05, 0.1) is 20.4 Å². The number of amides is 1. The van der Waals surface area contributed by atoms with E-state index in [0.717, 1.165) is 5.39 Å². The van der Waals surface area contributed by atoms with Crippen molar-refractivity contribution in [3.63, 3.8) is 0 Å². The van der Waals surface area contributed by atoms with Crippen LogP contribution in [0.3, 0.4) is 0 Å². The summed E-state index contributed by atoms with van der Waals surface area (Å²) in [6.07, 6.45) is 3.17. The van der Waals surface area contributed by atoms with Gasteiger partial charge in [-0.15, -0.1) is 0 Å². The number of benzene rings is 2. The van der Waals surface area contributed by atoms with Crippen LogP contribution in [0.5, 0.6) is 17.2 Å². The lowest BCUT2D eigenvalue weighted by Gasteiger charge is -2.09. The van der Waals surface area contributed by atoms with Crippen LogP contribution in [-0.2, 0) is 4.79 Å². The largest absolute Gasteiger partial charge is 0.493 e. The predicted molar refractivity (Wildman–Crippen MR) is 103 cm³/mol. The molecule has 1 amide bonds. The number of nitrogens with zero attached hydrogens (tertiary/aromatic N) is 2. The number of pyridine rings is 1. The monoisotopic (exact) mass is 365 g/mol. The third kappa shape index (κ3) is 4.33. The lowest BCUT2D eigenvalue weighted by atomic mass is 10.2. The third-order valence-electron chi connectivity index (χ3n) is 3.78. The van der Waals surface area contributed by atoms with E-state index in [2.05, 4.69) is 15.5 Å². The number of methoxy groups -OCH3 is 2. The summed E-state index contributed by atoms with van der Waals surface area (Å²) in [5.74, 6) is 1.28. The molecule has 0 aliphatic rings.